The minimum absolute atomic E-state index is 0.0120. The zero-order chi connectivity index (χ0) is 25.4. The van der Waals surface area contributed by atoms with Crippen LogP contribution in [0.1, 0.15) is 36.5 Å². The summed E-state index contributed by atoms with van der Waals surface area (Å²) in [5.41, 5.74) is 3.11. The van der Waals surface area contributed by atoms with Crippen molar-refractivity contribution in [3.63, 3.8) is 0 Å². The molecule has 3 heterocycles. The molecule has 10 nitrogen and oxygen atoms in total. The van der Waals surface area contributed by atoms with Crippen LogP contribution in [0.2, 0.25) is 0 Å². The maximum Gasteiger partial charge on any atom is 0.329 e. The number of carboxylic acid groups (broad SMARTS) is 1. The Balaban J connectivity index is 1.22. The van der Waals surface area contributed by atoms with E-state index >= 15 is 0 Å². The number of H-pyrrole nitrogens is 1. The summed E-state index contributed by atoms with van der Waals surface area (Å²) in [4.78, 5) is 41.4. The molecule has 1 saturated heterocycles. The lowest BCUT2D eigenvalue weighted by Crippen LogP contribution is -2.59. The summed E-state index contributed by atoms with van der Waals surface area (Å²) in [7, 11) is 0. The Hall–Kier alpha value is -4.08. The molecular formula is C26H30N6O4. The Labute approximate surface area is 208 Å². The smallest absolute Gasteiger partial charge is 0.329 e. The number of aromatic nitrogens is 2. The number of anilines is 1. The van der Waals surface area contributed by atoms with Gasteiger partial charge in [-0.05, 0) is 55.5 Å². The number of para-hydroxylation sites is 1. The fourth-order valence-electron chi connectivity index (χ4n) is 5.21. The third kappa shape index (κ3) is 4.46. The van der Waals surface area contributed by atoms with Crippen molar-refractivity contribution in [2.45, 2.75) is 51.2 Å². The molecule has 2 aliphatic rings. The first kappa shape index (κ1) is 23.7. The van der Waals surface area contributed by atoms with Crippen LogP contribution in [0, 0.1) is 6.92 Å². The predicted octanol–water partition coefficient (Wildman–Crippen LogP) is 3.48. The molecule has 1 fully saturated rings. The number of amides is 4. The lowest BCUT2D eigenvalue weighted by molar-refractivity contribution is -0.143. The summed E-state index contributed by atoms with van der Waals surface area (Å²) < 4.78 is 0. The van der Waals surface area contributed by atoms with Gasteiger partial charge in [0, 0.05) is 43.2 Å². The lowest BCUT2D eigenvalue weighted by atomic mass is 9.91. The SMILES string of the molecule is Cc1cc(C[C@@](C)(NC(=O)N2CCC(N3Cc4ccccc4NC3=O)CC2)C(=O)O)cc2cn[nH]c12. The number of aromatic amines is 1. The number of carbonyl (C=O) groups excluding carboxylic acids is 2. The van der Waals surface area contributed by atoms with Gasteiger partial charge >= 0.3 is 18.0 Å². The molecule has 188 valence electrons. The molecule has 0 aliphatic carbocycles. The van der Waals surface area contributed by atoms with Crippen LogP contribution in [-0.4, -0.2) is 67.8 Å². The van der Waals surface area contributed by atoms with E-state index in [1.54, 1.807) is 11.1 Å². The van der Waals surface area contributed by atoms with Crippen LogP contribution in [0.3, 0.4) is 0 Å². The fourth-order valence-corrected chi connectivity index (χ4v) is 5.21. The number of hydrogen-bond donors (Lipinski definition) is 4. The van der Waals surface area contributed by atoms with E-state index in [2.05, 4.69) is 20.8 Å². The molecule has 4 N–H and O–H groups in total. The fraction of sp³-hybridized carbons (Fsp3) is 0.385. The highest BCUT2D eigenvalue weighted by molar-refractivity contribution is 5.92. The van der Waals surface area contributed by atoms with Crippen LogP contribution in [-0.2, 0) is 17.8 Å². The van der Waals surface area contributed by atoms with Gasteiger partial charge in [-0.2, -0.15) is 5.10 Å². The molecule has 1 aromatic heterocycles. The molecule has 3 aromatic rings. The second-order valence-corrected chi connectivity index (χ2v) is 9.92. The van der Waals surface area contributed by atoms with E-state index in [-0.39, 0.29) is 18.5 Å². The van der Waals surface area contributed by atoms with Gasteiger partial charge in [-0.3, -0.25) is 5.10 Å². The van der Waals surface area contributed by atoms with Crippen molar-refractivity contribution >= 4 is 34.6 Å². The highest BCUT2D eigenvalue weighted by Gasteiger charge is 2.38. The van der Waals surface area contributed by atoms with Crippen LogP contribution in [0.25, 0.3) is 10.9 Å². The largest absolute Gasteiger partial charge is 0.480 e. The van der Waals surface area contributed by atoms with Crippen molar-refractivity contribution in [2.75, 3.05) is 18.4 Å². The third-order valence-corrected chi connectivity index (χ3v) is 7.27. The van der Waals surface area contributed by atoms with Crippen molar-refractivity contribution in [3.05, 3.63) is 59.3 Å². The predicted molar refractivity (Wildman–Crippen MR) is 135 cm³/mol. The summed E-state index contributed by atoms with van der Waals surface area (Å²) >= 11 is 0. The molecule has 36 heavy (non-hydrogen) atoms. The van der Waals surface area contributed by atoms with E-state index in [0.717, 1.165) is 33.3 Å². The highest BCUT2D eigenvalue weighted by Crippen LogP contribution is 2.28. The topological polar surface area (TPSA) is 131 Å². The average molecular weight is 491 g/mol. The summed E-state index contributed by atoms with van der Waals surface area (Å²) in [6.07, 6.45) is 3.10. The van der Waals surface area contributed by atoms with Crippen LogP contribution < -0.4 is 10.6 Å². The molecule has 0 bridgehead atoms. The molecule has 2 aliphatic heterocycles. The Morgan fingerprint density at radius 1 is 1.22 bits per heavy atom. The van der Waals surface area contributed by atoms with Gasteiger partial charge in [0.15, 0.2) is 0 Å². The van der Waals surface area contributed by atoms with E-state index in [0.29, 0.717) is 32.5 Å². The summed E-state index contributed by atoms with van der Waals surface area (Å²) in [5.74, 6) is -1.10. The number of piperidine rings is 1. The molecule has 0 unspecified atom stereocenters. The maximum atomic E-state index is 13.1. The number of rotatable bonds is 5. The Bertz CT molecular complexity index is 1330. The van der Waals surface area contributed by atoms with Gasteiger partial charge in [-0.1, -0.05) is 24.3 Å². The van der Waals surface area contributed by atoms with Gasteiger partial charge in [0.25, 0.3) is 0 Å². The van der Waals surface area contributed by atoms with Crippen LogP contribution >= 0.6 is 0 Å². The van der Waals surface area contributed by atoms with Crippen molar-refractivity contribution < 1.29 is 19.5 Å². The van der Waals surface area contributed by atoms with Crippen LogP contribution in [0.5, 0.6) is 0 Å². The number of fused-ring (bicyclic) bond motifs is 2. The second-order valence-electron chi connectivity index (χ2n) is 9.92. The first-order valence-electron chi connectivity index (χ1n) is 12.1. The molecule has 0 spiro atoms. The van der Waals surface area contributed by atoms with Gasteiger partial charge in [-0.25, -0.2) is 14.4 Å². The van der Waals surface area contributed by atoms with Crippen molar-refractivity contribution in [3.8, 4) is 0 Å². The van der Waals surface area contributed by atoms with Gasteiger partial charge in [0.2, 0.25) is 0 Å². The van der Waals surface area contributed by atoms with Crippen molar-refractivity contribution in [2.24, 2.45) is 0 Å². The first-order chi connectivity index (χ1) is 17.2. The van der Waals surface area contributed by atoms with Gasteiger partial charge in [-0.15, -0.1) is 0 Å². The normalized spacial score (nSPS) is 17.9. The molecule has 0 radical (unpaired) electrons. The maximum absolute atomic E-state index is 13.1. The average Bonchev–Trinajstić information content (AvgIpc) is 3.33. The van der Waals surface area contributed by atoms with Gasteiger partial charge < -0.3 is 25.5 Å². The first-order valence-corrected chi connectivity index (χ1v) is 12.1. The van der Waals surface area contributed by atoms with Crippen LogP contribution in [0.15, 0.2) is 42.6 Å². The molecule has 10 heteroatoms. The summed E-state index contributed by atoms with van der Waals surface area (Å²) in [5, 5.41) is 23.6. The Kier molecular flexibility index (Phi) is 6.03. The minimum atomic E-state index is -1.48. The highest BCUT2D eigenvalue weighted by atomic mass is 16.4. The summed E-state index contributed by atoms with van der Waals surface area (Å²) in [6, 6.07) is 11.0. The van der Waals surface area contributed by atoms with E-state index < -0.39 is 17.5 Å². The van der Waals surface area contributed by atoms with E-state index in [9.17, 15) is 19.5 Å². The summed E-state index contributed by atoms with van der Waals surface area (Å²) in [6.45, 7) is 4.89. The lowest BCUT2D eigenvalue weighted by Gasteiger charge is -2.41. The number of likely N-dealkylation sites (tertiary alicyclic amines) is 1. The molecule has 5 rings (SSSR count). The quantitative estimate of drug-likeness (QED) is 0.435. The van der Waals surface area contributed by atoms with E-state index in [1.807, 2.05) is 48.2 Å². The second kappa shape index (κ2) is 9.18. The van der Waals surface area contributed by atoms with Crippen molar-refractivity contribution in [1.29, 1.82) is 0 Å². The zero-order valence-corrected chi connectivity index (χ0v) is 20.4. The standard InChI is InChI=1S/C26H30N6O4/c1-16-11-17(12-19-14-27-30-22(16)19)13-26(2,23(33)34)29-25(36)31-9-7-20(8-10-31)32-15-18-5-3-4-6-21(18)28-24(32)35/h3-6,11-12,14,20H,7-10,13,15H2,1-2H3,(H,27,30)(H,28,35)(H,29,36)(H,33,34)/t26-/m1/s1. The minimum Gasteiger partial charge on any atom is -0.480 e. The Morgan fingerprint density at radius 2 is 1.97 bits per heavy atom. The van der Waals surface area contributed by atoms with Crippen molar-refractivity contribution in [1.82, 2.24) is 25.3 Å². The molecule has 2 aromatic carbocycles. The molecule has 1 atom stereocenters. The van der Waals surface area contributed by atoms with Gasteiger partial charge in [0.1, 0.15) is 5.54 Å². The number of hydrogen-bond acceptors (Lipinski definition) is 4. The van der Waals surface area contributed by atoms with E-state index in [4.69, 9.17) is 0 Å². The Morgan fingerprint density at radius 3 is 2.72 bits per heavy atom. The molecule has 0 saturated carbocycles. The zero-order valence-electron chi connectivity index (χ0n) is 20.4. The van der Waals surface area contributed by atoms with Crippen LogP contribution in [0.4, 0.5) is 15.3 Å². The number of urea groups is 2. The molecule has 4 amide bonds. The van der Waals surface area contributed by atoms with Gasteiger partial charge in [0.05, 0.1) is 11.7 Å². The number of carboxylic acids is 1. The van der Waals surface area contributed by atoms with E-state index in [1.165, 1.54) is 6.92 Å². The third-order valence-electron chi connectivity index (χ3n) is 7.27. The monoisotopic (exact) mass is 490 g/mol. The molecular weight excluding hydrogens is 460 g/mol. The number of aryl methyl sites for hydroxylation is 1. The number of aliphatic carboxylic acids is 1. The number of benzene rings is 2. The number of nitrogens with zero attached hydrogens (tertiary/aromatic N) is 3. The number of carbonyl (C=O) groups is 3. The number of nitrogens with one attached hydrogen (secondary N) is 3.